The molecule has 0 fully saturated rings. The molecule has 0 N–H and O–H groups in total. The minimum atomic E-state index is -3.95. The Kier molecular flexibility index (Phi) is 4.61. The molecule has 0 aliphatic rings. The molecule has 0 aliphatic heterocycles. The third-order valence-corrected chi connectivity index (χ3v) is 5.57. The van der Waals surface area contributed by atoms with Crippen molar-refractivity contribution < 1.29 is 13.2 Å². The van der Waals surface area contributed by atoms with E-state index in [2.05, 4.69) is 24.3 Å². The van der Waals surface area contributed by atoms with Crippen molar-refractivity contribution in [3.8, 4) is 5.88 Å². The standard InChI is InChI=1S/C11H12ClN4O3PS/c1-7-6-14-10(11(15-7)19-2)16(20)21(17,18)8-4-3-5-13-9(8)12/h3-6H,20H2,1-2H3. The van der Waals surface area contributed by atoms with E-state index in [0.717, 1.165) is 4.08 Å². The first kappa shape index (κ1) is 15.9. The van der Waals surface area contributed by atoms with Crippen LogP contribution >= 0.6 is 21.0 Å². The van der Waals surface area contributed by atoms with E-state index in [9.17, 15) is 8.42 Å². The monoisotopic (exact) mass is 346 g/mol. The number of ether oxygens (including phenoxy) is 1. The summed E-state index contributed by atoms with van der Waals surface area (Å²) in [7, 11) is -0.496. The lowest BCUT2D eigenvalue weighted by Gasteiger charge is -2.19. The Balaban J connectivity index is 2.54. The number of methoxy groups -OCH3 is 1. The summed E-state index contributed by atoms with van der Waals surface area (Å²) in [6.45, 7) is 1.72. The number of hydrogen-bond acceptors (Lipinski definition) is 6. The molecular weight excluding hydrogens is 335 g/mol. The Morgan fingerprint density at radius 3 is 2.71 bits per heavy atom. The molecule has 0 spiro atoms. The maximum absolute atomic E-state index is 12.6. The van der Waals surface area contributed by atoms with E-state index < -0.39 is 10.0 Å². The van der Waals surface area contributed by atoms with Crippen molar-refractivity contribution in [1.82, 2.24) is 15.0 Å². The maximum atomic E-state index is 12.6. The highest BCUT2D eigenvalue weighted by molar-refractivity contribution is 7.96. The molecule has 0 amide bonds. The van der Waals surface area contributed by atoms with Crippen molar-refractivity contribution in [1.29, 1.82) is 0 Å². The third-order valence-electron chi connectivity index (χ3n) is 2.51. The summed E-state index contributed by atoms with van der Waals surface area (Å²) in [6, 6.07) is 2.84. The zero-order chi connectivity index (χ0) is 15.6. The largest absolute Gasteiger partial charge is 0.478 e. The topological polar surface area (TPSA) is 85.3 Å². The van der Waals surface area contributed by atoms with Crippen LogP contribution in [0.3, 0.4) is 0 Å². The summed E-state index contributed by atoms with van der Waals surface area (Å²) < 4.78 is 31.1. The van der Waals surface area contributed by atoms with E-state index in [1.807, 2.05) is 0 Å². The molecule has 7 nitrogen and oxygen atoms in total. The van der Waals surface area contributed by atoms with E-state index in [1.54, 1.807) is 6.92 Å². The molecule has 2 aromatic heterocycles. The Labute approximate surface area is 129 Å². The number of aryl methyl sites for hydroxylation is 1. The summed E-state index contributed by atoms with van der Waals surface area (Å²) >= 11 is 5.85. The summed E-state index contributed by atoms with van der Waals surface area (Å²) in [5.41, 5.74) is 0.603. The van der Waals surface area contributed by atoms with Gasteiger partial charge in [-0.05, 0) is 28.4 Å². The van der Waals surface area contributed by atoms with Crippen LogP contribution in [-0.4, -0.2) is 30.5 Å². The molecule has 2 aromatic rings. The van der Waals surface area contributed by atoms with Gasteiger partial charge >= 0.3 is 0 Å². The van der Waals surface area contributed by atoms with Crippen molar-refractivity contribution >= 4 is 36.8 Å². The molecule has 0 aliphatic carbocycles. The van der Waals surface area contributed by atoms with Crippen LogP contribution in [0.2, 0.25) is 5.15 Å². The number of nitrogens with zero attached hydrogens (tertiary/aromatic N) is 4. The second-order valence-corrected chi connectivity index (χ2v) is 6.97. The fourth-order valence-corrected chi connectivity index (χ4v) is 3.53. The predicted octanol–water partition coefficient (Wildman–Crippen LogP) is 1.83. The van der Waals surface area contributed by atoms with E-state index in [4.69, 9.17) is 16.3 Å². The second-order valence-electron chi connectivity index (χ2n) is 3.94. The first-order valence-corrected chi connectivity index (χ1v) is 7.99. The minimum Gasteiger partial charge on any atom is -0.478 e. The Morgan fingerprint density at radius 2 is 2.10 bits per heavy atom. The summed E-state index contributed by atoms with van der Waals surface area (Å²) in [4.78, 5) is 11.8. The molecule has 10 heteroatoms. The third kappa shape index (κ3) is 3.07. The summed E-state index contributed by atoms with van der Waals surface area (Å²) in [5.74, 6) is 0.126. The van der Waals surface area contributed by atoms with E-state index >= 15 is 0 Å². The average Bonchev–Trinajstić information content (AvgIpc) is 2.46. The maximum Gasteiger partial charge on any atom is 0.271 e. The molecular formula is C11H12ClN4O3PS. The number of anilines is 1. The van der Waals surface area contributed by atoms with Crippen LogP contribution in [0.4, 0.5) is 5.82 Å². The normalized spacial score (nSPS) is 11.2. The van der Waals surface area contributed by atoms with Crippen LogP contribution in [0.25, 0.3) is 0 Å². The molecule has 21 heavy (non-hydrogen) atoms. The van der Waals surface area contributed by atoms with Gasteiger partial charge < -0.3 is 4.74 Å². The van der Waals surface area contributed by atoms with Gasteiger partial charge in [-0.2, -0.15) is 0 Å². The van der Waals surface area contributed by atoms with Crippen LogP contribution in [0.5, 0.6) is 5.88 Å². The highest BCUT2D eigenvalue weighted by Crippen LogP contribution is 2.33. The SMILES string of the molecule is COc1nc(C)cnc1N(P)S(=O)(=O)c1cccnc1Cl. The molecule has 0 radical (unpaired) electrons. The molecule has 2 rings (SSSR count). The highest BCUT2D eigenvalue weighted by atomic mass is 35.5. The lowest BCUT2D eigenvalue weighted by molar-refractivity contribution is 0.396. The lowest BCUT2D eigenvalue weighted by Crippen LogP contribution is -2.23. The number of hydrogen-bond donors (Lipinski definition) is 0. The molecule has 2 heterocycles. The fourth-order valence-electron chi connectivity index (χ4n) is 1.52. The molecule has 1 atom stereocenters. The molecule has 0 bridgehead atoms. The minimum absolute atomic E-state index is 0.0352. The van der Waals surface area contributed by atoms with E-state index in [-0.39, 0.29) is 21.7 Å². The van der Waals surface area contributed by atoms with Gasteiger partial charge in [0.1, 0.15) is 10.0 Å². The van der Waals surface area contributed by atoms with Gasteiger partial charge in [-0.1, -0.05) is 11.6 Å². The molecule has 112 valence electrons. The van der Waals surface area contributed by atoms with Crippen molar-refractivity contribution in [3.05, 3.63) is 35.4 Å². The quantitative estimate of drug-likeness (QED) is 0.620. The first-order chi connectivity index (χ1) is 9.87. The van der Waals surface area contributed by atoms with Gasteiger partial charge in [-0.25, -0.2) is 27.4 Å². The van der Waals surface area contributed by atoms with Gasteiger partial charge in [-0.15, -0.1) is 0 Å². The highest BCUT2D eigenvalue weighted by Gasteiger charge is 2.28. The predicted molar refractivity (Wildman–Crippen MR) is 81.9 cm³/mol. The number of sulfonamides is 1. The van der Waals surface area contributed by atoms with Crippen LogP contribution in [-0.2, 0) is 10.0 Å². The Bertz CT molecular complexity index is 772. The average molecular weight is 347 g/mol. The van der Waals surface area contributed by atoms with Gasteiger partial charge in [0.25, 0.3) is 15.9 Å². The molecule has 1 unspecified atom stereocenters. The van der Waals surface area contributed by atoms with Crippen LogP contribution in [0.1, 0.15) is 5.69 Å². The molecule has 0 saturated carbocycles. The summed E-state index contributed by atoms with van der Waals surface area (Å²) in [6.07, 6.45) is 2.84. The Hall–Kier alpha value is -1.50. The van der Waals surface area contributed by atoms with Gasteiger partial charge in [0.2, 0.25) is 5.82 Å². The van der Waals surface area contributed by atoms with Crippen LogP contribution in [0, 0.1) is 6.92 Å². The van der Waals surface area contributed by atoms with E-state index in [1.165, 1.54) is 31.6 Å². The van der Waals surface area contributed by atoms with Gasteiger partial charge in [0.05, 0.1) is 19.0 Å². The van der Waals surface area contributed by atoms with Gasteiger partial charge in [-0.3, -0.25) is 0 Å². The number of halogens is 1. The van der Waals surface area contributed by atoms with Crippen molar-refractivity contribution in [2.75, 3.05) is 11.2 Å². The van der Waals surface area contributed by atoms with Crippen molar-refractivity contribution in [2.45, 2.75) is 11.8 Å². The van der Waals surface area contributed by atoms with Crippen LogP contribution < -0.4 is 8.81 Å². The number of pyridine rings is 1. The Morgan fingerprint density at radius 1 is 1.38 bits per heavy atom. The summed E-state index contributed by atoms with van der Waals surface area (Å²) in [5, 5.41) is -0.121. The number of rotatable bonds is 4. The second kappa shape index (κ2) is 6.09. The first-order valence-electron chi connectivity index (χ1n) is 5.66. The van der Waals surface area contributed by atoms with Crippen LogP contribution in [0.15, 0.2) is 29.4 Å². The van der Waals surface area contributed by atoms with Crippen molar-refractivity contribution in [3.63, 3.8) is 0 Å². The smallest absolute Gasteiger partial charge is 0.271 e. The van der Waals surface area contributed by atoms with E-state index in [0.29, 0.717) is 5.69 Å². The molecule has 0 saturated heterocycles. The lowest BCUT2D eigenvalue weighted by atomic mass is 10.5. The zero-order valence-corrected chi connectivity index (χ0v) is 13.9. The fraction of sp³-hybridized carbons (Fsp3) is 0.182. The van der Waals surface area contributed by atoms with Gasteiger partial charge in [0, 0.05) is 6.20 Å². The number of aromatic nitrogens is 3. The van der Waals surface area contributed by atoms with Crippen molar-refractivity contribution in [2.24, 2.45) is 0 Å². The van der Waals surface area contributed by atoms with Gasteiger partial charge in [0.15, 0.2) is 0 Å². The zero-order valence-electron chi connectivity index (χ0n) is 11.2. The molecule has 0 aromatic carbocycles.